The van der Waals surface area contributed by atoms with Crippen LogP contribution in [0.5, 0.6) is 0 Å². The molecule has 0 aromatic carbocycles. The van der Waals surface area contributed by atoms with Crippen molar-refractivity contribution in [3.63, 3.8) is 0 Å². The molecular weight excluding hydrogens is 252 g/mol. The molecule has 1 aliphatic rings. The molecule has 2 heterocycles. The maximum atomic E-state index is 12.1. The van der Waals surface area contributed by atoms with Gasteiger partial charge in [0.25, 0.3) is 0 Å². The summed E-state index contributed by atoms with van der Waals surface area (Å²) in [4.78, 5) is 29.5. The van der Waals surface area contributed by atoms with Crippen LogP contribution in [0.2, 0.25) is 0 Å². The summed E-state index contributed by atoms with van der Waals surface area (Å²) in [7, 11) is 1.72. The predicted molar refractivity (Wildman–Crippen MR) is 69.4 cm³/mol. The first-order valence-corrected chi connectivity index (χ1v) is 6.74. The van der Waals surface area contributed by atoms with E-state index in [-0.39, 0.29) is 24.4 Å². The molecule has 2 amide bonds. The minimum atomic E-state index is -0.366. The number of carbonyl (C=O) groups excluding carboxylic acids is 2. The fourth-order valence-corrected chi connectivity index (χ4v) is 2.60. The average Bonchev–Trinajstić information content (AvgIpc) is 2.99. The van der Waals surface area contributed by atoms with Crippen LogP contribution >= 0.6 is 11.3 Å². The van der Waals surface area contributed by atoms with Gasteiger partial charge in [0.05, 0.1) is 6.54 Å². The summed E-state index contributed by atoms with van der Waals surface area (Å²) in [6, 6.07) is -0.366. The lowest BCUT2D eigenvalue weighted by atomic mass is 10.2. The Morgan fingerprint density at radius 3 is 3.11 bits per heavy atom. The van der Waals surface area contributed by atoms with Crippen LogP contribution in [-0.4, -0.2) is 47.9 Å². The Labute approximate surface area is 109 Å². The molecule has 0 aliphatic carbocycles. The maximum Gasteiger partial charge on any atom is 0.248 e. The maximum absolute atomic E-state index is 12.1. The smallest absolute Gasteiger partial charge is 0.248 e. The van der Waals surface area contributed by atoms with Crippen LogP contribution < -0.4 is 10.6 Å². The molecule has 0 spiro atoms. The Morgan fingerprint density at radius 1 is 1.61 bits per heavy atom. The Bertz CT molecular complexity index is 421. The number of carbonyl (C=O) groups is 2. The Morgan fingerprint density at radius 2 is 2.44 bits per heavy atom. The minimum Gasteiger partial charge on any atom is -0.330 e. The van der Waals surface area contributed by atoms with Gasteiger partial charge in [-0.3, -0.25) is 9.59 Å². The number of aromatic nitrogens is 1. The number of thiazole rings is 1. The second-order valence-electron chi connectivity index (χ2n) is 4.10. The molecule has 2 rings (SSSR count). The average molecular weight is 268 g/mol. The van der Waals surface area contributed by atoms with Crippen LogP contribution in [0.15, 0.2) is 11.6 Å². The van der Waals surface area contributed by atoms with E-state index in [2.05, 4.69) is 15.6 Å². The zero-order chi connectivity index (χ0) is 13.0. The zero-order valence-electron chi connectivity index (χ0n) is 10.2. The van der Waals surface area contributed by atoms with Crippen LogP contribution in [-0.2, 0) is 9.59 Å². The standard InChI is InChI=1S/C11H16N4O2S/c1-12-7-9(16)15-5-2-3-8(15)10(17)14-11-13-4-6-18-11/h4,6,8,12H,2-3,5,7H2,1H3,(H,13,14,17). The van der Waals surface area contributed by atoms with E-state index in [0.717, 1.165) is 6.42 Å². The topological polar surface area (TPSA) is 74.3 Å². The molecule has 0 bridgehead atoms. The molecule has 1 atom stereocenters. The number of nitrogens with one attached hydrogen (secondary N) is 2. The molecule has 2 N–H and O–H groups in total. The molecule has 1 aromatic heterocycles. The van der Waals surface area contributed by atoms with Crippen molar-refractivity contribution in [3.8, 4) is 0 Å². The van der Waals surface area contributed by atoms with Gasteiger partial charge < -0.3 is 15.5 Å². The molecule has 18 heavy (non-hydrogen) atoms. The molecular formula is C11H16N4O2S. The fraction of sp³-hybridized carbons (Fsp3) is 0.545. The van der Waals surface area contributed by atoms with Crippen molar-refractivity contribution in [2.24, 2.45) is 0 Å². The summed E-state index contributed by atoms with van der Waals surface area (Å²) in [5, 5.41) is 7.94. The van der Waals surface area contributed by atoms with Crippen LogP contribution in [0.25, 0.3) is 0 Å². The first kappa shape index (κ1) is 13.0. The summed E-state index contributed by atoms with van der Waals surface area (Å²) in [6.07, 6.45) is 3.22. The Balaban J connectivity index is 1.98. The SMILES string of the molecule is CNCC(=O)N1CCCC1C(=O)Nc1nccs1. The van der Waals surface area contributed by atoms with Gasteiger partial charge in [0, 0.05) is 18.1 Å². The number of nitrogens with zero attached hydrogens (tertiary/aromatic N) is 2. The normalized spacial score (nSPS) is 18.9. The van der Waals surface area contributed by atoms with E-state index in [9.17, 15) is 9.59 Å². The third-order valence-corrected chi connectivity index (χ3v) is 3.55. The quantitative estimate of drug-likeness (QED) is 0.823. The molecule has 0 saturated carbocycles. The van der Waals surface area contributed by atoms with Crippen molar-refractivity contribution in [1.29, 1.82) is 0 Å². The van der Waals surface area contributed by atoms with Crippen LogP contribution in [0, 0.1) is 0 Å². The van der Waals surface area contributed by atoms with E-state index < -0.39 is 0 Å². The highest BCUT2D eigenvalue weighted by Gasteiger charge is 2.33. The monoisotopic (exact) mass is 268 g/mol. The van der Waals surface area contributed by atoms with Crippen LogP contribution in [0.1, 0.15) is 12.8 Å². The van der Waals surface area contributed by atoms with E-state index in [4.69, 9.17) is 0 Å². The van der Waals surface area contributed by atoms with Gasteiger partial charge >= 0.3 is 0 Å². The number of anilines is 1. The lowest BCUT2D eigenvalue weighted by Gasteiger charge is -2.23. The molecule has 1 saturated heterocycles. The fourth-order valence-electron chi connectivity index (χ4n) is 2.06. The number of hydrogen-bond donors (Lipinski definition) is 2. The Hall–Kier alpha value is -1.47. The number of hydrogen-bond acceptors (Lipinski definition) is 5. The van der Waals surface area contributed by atoms with Crippen LogP contribution in [0.4, 0.5) is 5.13 Å². The summed E-state index contributed by atoms with van der Waals surface area (Å²) in [5.41, 5.74) is 0. The highest BCUT2D eigenvalue weighted by molar-refractivity contribution is 7.13. The lowest BCUT2D eigenvalue weighted by Crippen LogP contribution is -2.46. The third kappa shape index (κ3) is 2.85. The van der Waals surface area contributed by atoms with Gasteiger partial charge in [-0.25, -0.2) is 4.98 Å². The van der Waals surface area contributed by atoms with Gasteiger partial charge in [0.2, 0.25) is 11.8 Å². The summed E-state index contributed by atoms with van der Waals surface area (Å²) >= 11 is 1.37. The molecule has 98 valence electrons. The number of likely N-dealkylation sites (tertiary alicyclic amines) is 1. The number of amides is 2. The van der Waals surface area contributed by atoms with Crippen molar-refractivity contribution in [1.82, 2.24) is 15.2 Å². The van der Waals surface area contributed by atoms with Gasteiger partial charge in [-0.05, 0) is 19.9 Å². The molecule has 1 fully saturated rings. The van der Waals surface area contributed by atoms with Crippen molar-refractivity contribution in [3.05, 3.63) is 11.6 Å². The minimum absolute atomic E-state index is 0.0331. The van der Waals surface area contributed by atoms with Gasteiger partial charge in [0.1, 0.15) is 6.04 Å². The predicted octanol–water partition coefficient (Wildman–Crippen LogP) is 0.292. The lowest BCUT2D eigenvalue weighted by molar-refractivity contribution is -0.135. The summed E-state index contributed by atoms with van der Waals surface area (Å²) in [5.74, 6) is -0.179. The largest absolute Gasteiger partial charge is 0.330 e. The third-order valence-electron chi connectivity index (χ3n) is 2.87. The van der Waals surface area contributed by atoms with E-state index in [0.29, 0.717) is 18.1 Å². The van der Waals surface area contributed by atoms with Gasteiger partial charge in [0.15, 0.2) is 5.13 Å². The van der Waals surface area contributed by atoms with E-state index in [1.54, 1.807) is 23.5 Å². The summed E-state index contributed by atoms with van der Waals surface area (Å²) < 4.78 is 0. The Kier molecular flexibility index (Phi) is 4.27. The van der Waals surface area contributed by atoms with Gasteiger partial charge in [-0.15, -0.1) is 11.3 Å². The number of likely N-dealkylation sites (N-methyl/N-ethyl adjacent to an activating group) is 1. The molecule has 0 radical (unpaired) electrons. The first-order chi connectivity index (χ1) is 8.72. The number of rotatable bonds is 4. The molecule has 7 heteroatoms. The molecule has 1 aliphatic heterocycles. The molecule has 1 aromatic rings. The van der Waals surface area contributed by atoms with Crippen molar-refractivity contribution >= 4 is 28.3 Å². The second-order valence-corrected chi connectivity index (χ2v) is 5.00. The van der Waals surface area contributed by atoms with Gasteiger partial charge in [-0.1, -0.05) is 0 Å². The van der Waals surface area contributed by atoms with E-state index in [1.807, 2.05) is 0 Å². The second kappa shape index (κ2) is 5.92. The summed E-state index contributed by atoms with van der Waals surface area (Å²) in [6.45, 7) is 0.914. The van der Waals surface area contributed by atoms with Crippen molar-refractivity contribution in [2.75, 3.05) is 25.5 Å². The van der Waals surface area contributed by atoms with Crippen LogP contribution in [0.3, 0.4) is 0 Å². The molecule has 6 nitrogen and oxygen atoms in total. The highest BCUT2D eigenvalue weighted by Crippen LogP contribution is 2.20. The van der Waals surface area contributed by atoms with Gasteiger partial charge in [-0.2, -0.15) is 0 Å². The van der Waals surface area contributed by atoms with E-state index in [1.165, 1.54) is 11.3 Å². The first-order valence-electron chi connectivity index (χ1n) is 5.87. The van der Waals surface area contributed by atoms with E-state index >= 15 is 0 Å². The van der Waals surface area contributed by atoms with Crippen molar-refractivity contribution < 1.29 is 9.59 Å². The highest BCUT2D eigenvalue weighted by atomic mass is 32.1. The van der Waals surface area contributed by atoms with Crippen molar-refractivity contribution in [2.45, 2.75) is 18.9 Å². The zero-order valence-corrected chi connectivity index (χ0v) is 11.0. The molecule has 1 unspecified atom stereocenters.